The second-order valence-electron chi connectivity index (χ2n) is 9.76. The maximum absolute atomic E-state index is 12.6. The number of rotatable bonds is 8. The Kier molecular flexibility index (Phi) is 8.66. The number of carbonyl (C=O) groups excluding carboxylic acids is 2. The molecule has 2 aromatic rings. The zero-order valence-corrected chi connectivity index (χ0v) is 22.0. The Morgan fingerprint density at radius 1 is 1.08 bits per heavy atom. The van der Waals surface area contributed by atoms with Crippen molar-refractivity contribution < 1.29 is 23.8 Å². The summed E-state index contributed by atoms with van der Waals surface area (Å²) in [6.45, 7) is 6.12. The molecule has 0 atom stereocenters. The first-order valence-corrected chi connectivity index (χ1v) is 12.8. The fourth-order valence-corrected chi connectivity index (χ4v) is 4.40. The lowest BCUT2D eigenvalue weighted by molar-refractivity contribution is -0.132. The number of piperidine rings is 1. The molecular formula is C28H36N4O5. The Hall–Kier alpha value is -3.59. The second kappa shape index (κ2) is 12.1. The van der Waals surface area contributed by atoms with E-state index >= 15 is 0 Å². The average molecular weight is 509 g/mol. The van der Waals surface area contributed by atoms with Crippen molar-refractivity contribution in [3.05, 3.63) is 53.6 Å². The van der Waals surface area contributed by atoms with E-state index in [1.54, 1.807) is 7.11 Å². The number of ether oxygens (including phenoxy) is 3. The molecule has 9 nitrogen and oxygen atoms in total. The number of carbonyl (C=O) groups is 2. The Morgan fingerprint density at radius 3 is 2.49 bits per heavy atom. The number of benzene rings is 2. The van der Waals surface area contributed by atoms with Crippen molar-refractivity contribution in [2.75, 3.05) is 32.6 Å². The van der Waals surface area contributed by atoms with Gasteiger partial charge in [-0.15, -0.1) is 0 Å². The first-order chi connectivity index (χ1) is 17.8. The summed E-state index contributed by atoms with van der Waals surface area (Å²) in [7, 11) is 3.68. The highest BCUT2D eigenvalue weighted by Crippen LogP contribution is 2.30. The predicted octanol–water partition coefficient (Wildman–Crippen LogP) is 4.65. The number of nitrogens with one attached hydrogen (secondary N) is 1. The molecule has 0 spiro atoms. The largest absolute Gasteiger partial charge is 0.493 e. The van der Waals surface area contributed by atoms with Crippen LogP contribution in [0.2, 0.25) is 0 Å². The van der Waals surface area contributed by atoms with E-state index in [1.807, 2.05) is 56.3 Å². The summed E-state index contributed by atoms with van der Waals surface area (Å²) in [6, 6.07) is 13.1. The number of nitrogens with zero attached hydrogens (tertiary/aromatic N) is 3. The number of anilines is 1. The van der Waals surface area contributed by atoms with Crippen molar-refractivity contribution in [3.8, 4) is 11.5 Å². The lowest BCUT2D eigenvalue weighted by Gasteiger charge is -2.28. The Balaban J connectivity index is 1.39. The summed E-state index contributed by atoms with van der Waals surface area (Å²) in [5, 5.41) is 8.95. The summed E-state index contributed by atoms with van der Waals surface area (Å²) in [6.07, 6.45) is 2.15. The molecule has 9 heteroatoms. The summed E-state index contributed by atoms with van der Waals surface area (Å²) in [5.41, 5.74) is 3.28. The van der Waals surface area contributed by atoms with E-state index in [4.69, 9.17) is 14.2 Å². The second-order valence-corrected chi connectivity index (χ2v) is 9.76. The van der Waals surface area contributed by atoms with E-state index in [0.29, 0.717) is 36.6 Å². The molecule has 1 fully saturated rings. The standard InChI is InChI=1S/C28H36N4O5/c1-19(2)36-26-17-21(7-11-25(26)35-4)24-10-12-27(33)32(30-24)18-20-5-8-22(9-6-20)29-28(34)37-23-13-15-31(3)16-14-23/h5-9,11,17,19,23H,10,12-16,18H2,1-4H3,(H,29,34). The third-order valence-corrected chi connectivity index (χ3v) is 6.44. The van der Waals surface area contributed by atoms with Crippen LogP contribution in [0.25, 0.3) is 0 Å². The van der Waals surface area contributed by atoms with Crippen molar-refractivity contribution in [3.63, 3.8) is 0 Å². The molecular weight excluding hydrogens is 472 g/mol. The van der Waals surface area contributed by atoms with Gasteiger partial charge in [0.1, 0.15) is 6.10 Å². The van der Waals surface area contributed by atoms with Crippen molar-refractivity contribution >= 4 is 23.4 Å². The van der Waals surface area contributed by atoms with Gasteiger partial charge in [-0.05, 0) is 69.6 Å². The highest BCUT2D eigenvalue weighted by molar-refractivity contribution is 6.04. The molecule has 2 aliphatic rings. The van der Waals surface area contributed by atoms with E-state index in [2.05, 4.69) is 22.4 Å². The van der Waals surface area contributed by atoms with E-state index < -0.39 is 6.09 Å². The molecule has 0 aromatic heterocycles. The third kappa shape index (κ3) is 7.22. The number of methoxy groups -OCH3 is 1. The van der Waals surface area contributed by atoms with E-state index in [0.717, 1.165) is 42.8 Å². The first kappa shape index (κ1) is 26.5. The normalized spacial score (nSPS) is 16.9. The van der Waals surface area contributed by atoms with Crippen LogP contribution in [-0.4, -0.2) is 67.1 Å². The van der Waals surface area contributed by atoms with Crippen LogP contribution in [0.15, 0.2) is 47.6 Å². The van der Waals surface area contributed by atoms with Crippen LogP contribution in [-0.2, 0) is 16.1 Å². The molecule has 0 radical (unpaired) electrons. The lowest BCUT2D eigenvalue weighted by Crippen LogP contribution is -2.36. The Bertz CT molecular complexity index is 1120. The topological polar surface area (TPSA) is 92.7 Å². The van der Waals surface area contributed by atoms with Gasteiger partial charge in [0.2, 0.25) is 5.91 Å². The summed E-state index contributed by atoms with van der Waals surface area (Å²) in [4.78, 5) is 27.1. The number of hydrogen-bond donors (Lipinski definition) is 1. The Labute approximate surface area is 218 Å². The summed E-state index contributed by atoms with van der Waals surface area (Å²) >= 11 is 0. The van der Waals surface area contributed by atoms with Crippen molar-refractivity contribution in [1.29, 1.82) is 0 Å². The Morgan fingerprint density at radius 2 is 1.81 bits per heavy atom. The number of hydrazone groups is 1. The van der Waals surface area contributed by atoms with Gasteiger partial charge in [-0.3, -0.25) is 10.1 Å². The number of amides is 2. The van der Waals surface area contributed by atoms with Crippen molar-refractivity contribution in [2.24, 2.45) is 5.10 Å². The zero-order chi connectivity index (χ0) is 26.4. The molecule has 198 valence electrons. The monoisotopic (exact) mass is 508 g/mol. The minimum atomic E-state index is -0.442. The molecule has 2 heterocycles. The fraction of sp³-hybridized carbons (Fsp3) is 0.464. The maximum Gasteiger partial charge on any atom is 0.411 e. The minimum Gasteiger partial charge on any atom is -0.493 e. The molecule has 0 bridgehead atoms. The average Bonchev–Trinajstić information content (AvgIpc) is 2.87. The lowest BCUT2D eigenvalue weighted by atomic mass is 10.0. The molecule has 0 unspecified atom stereocenters. The van der Waals surface area contributed by atoms with Gasteiger partial charge in [0.25, 0.3) is 0 Å². The molecule has 1 N–H and O–H groups in total. The summed E-state index contributed by atoms with van der Waals surface area (Å²) < 4.78 is 16.9. The van der Waals surface area contributed by atoms with Gasteiger partial charge in [-0.1, -0.05) is 12.1 Å². The van der Waals surface area contributed by atoms with Crippen LogP contribution < -0.4 is 14.8 Å². The molecule has 2 amide bonds. The van der Waals surface area contributed by atoms with Crippen molar-refractivity contribution in [1.82, 2.24) is 9.91 Å². The minimum absolute atomic E-state index is 0.00381. The fourth-order valence-electron chi connectivity index (χ4n) is 4.40. The van der Waals surface area contributed by atoms with Gasteiger partial charge in [0, 0.05) is 37.2 Å². The van der Waals surface area contributed by atoms with Gasteiger partial charge in [-0.25, -0.2) is 9.80 Å². The highest BCUT2D eigenvalue weighted by Gasteiger charge is 2.23. The van der Waals surface area contributed by atoms with Crippen molar-refractivity contribution in [2.45, 2.75) is 58.3 Å². The van der Waals surface area contributed by atoms with Crippen LogP contribution >= 0.6 is 0 Å². The molecule has 2 aliphatic heterocycles. The quantitative estimate of drug-likeness (QED) is 0.558. The van der Waals surface area contributed by atoms with Crippen LogP contribution in [0.4, 0.5) is 10.5 Å². The van der Waals surface area contributed by atoms with Gasteiger partial charge in [0.15, 0.2) is 11.5 Å². The van der Waals surface area contributed by atoms with Gasteiger partial charge < -0.3 is 19.1 Å². The molecule has 0 aliphatic carbocycles. The molecule has 37 heavy (non-hydrogen) atoms. The van der Waals surface area contributed by atoms with Crippen LogP contribution in [0.1, 0.15) is 50.7 Å². The molecule has 0 saturated carbocycles. The van der Waals surface area contributed by atoms with Gasteiger partial charge in [0.05, 0.1) is 25.5 Å². The maximum atomic E-state index is 12.6. The molecule has 4 rings (SSSR count). The highest BCUT2D eigenvalue weighted by atomic mass is 16.6. The first-order valence-electron chi connectivity index (χ1n) is 12.8. The van der Waals surface area contributed by atoms with Gasteiger partial charge >= 0.3 is 6.09 Å². The predicted molar refractivity (Wildman–Crippen MR) is 142 cm³/mol. The zero-order valence-electron chi connectivity index (χ0n) is 22.0. The van der Waals surface area contributed by atoms with Crippen LogP contribution in [0.5, 0.6) is 11.5 Å². The molecule has 1 saturated heterocycles. The van der Waals surface area contributed by atoms with E-state index in [-0.39, 0.29) is 18.1 Å². The number of hydrogen-bond acceptors (Lipinski definition) is 7. The number of likely N-dealkylation sites (tertiary alicyclic amines) is 1. The van der Waals surface area contributed by atoms with E-state index in [9.17, 15) is 9.59 Å². The van der Waals surface area contributed by atoms with Crippen LogP contribution in [0, 0.1) is 0 Å². The molecule has 2 aromatic carbocycles. The van der Waals surface area contributed by atoms with Crippen LogP contribution in [0.3, 0.4) is 0 Å². The smallest absolute Gasteiger partial charge is 0.411 e. The SMILES string of the molecule is COc1ccc(C2=NN(Cc3ccc(NC(=O)OC4CCN(C)CC4)cc3)C(=O)CC2)cc1OC(C)C. The third-order valence-electron chi connectivity index (χ3n) is 6.44. The van der Waals surface area contributed by atoms with Gasteiger partial charge in [-0.2, -0.15) is 5.10 Å². The summed E-state index contributed by atoms with van der Waals surface area (Å²) in [5.74, 6) is 1.28. The van der Waals surface area contributed by atoms with E-state index in [1.165, 1.54) is 5.01 Å².